The number of anilines is 6. The number of unbranched alkanes of at least 4 members (excludes halogenated alkanes) is 10. The predicted octanol–water partition coefficient (Wildman–Crippen LogP) is 33.0. The van der Waals surface area contributed by atoms with Crippen LogP contribution in [0.15, 0.2) is 324 Å². The molecule has 0 heterocycles. The van der Waals surface area contributed by atoms with Crippen molar-refractivity contribution in [2.24, 2.45) is 0 Å². The molecule has 0 unspecified atom stereocenters. The zero-order chi connectivity index (χ0) is 77.4. The number of fused-ring (bicyclic) bond motifs is 9. The number of aryl methyl sites for hydroxylation is 4. The Morgan fingerprint density at radius 2 is 0.522 bits per heavy atom. The largest absolute Gasteiger partial charge is 0.311 e. The molecule has 0 radical (unpaired) electrons. The van der Waals surface area contributed by atoms with E-state index in [1.54, 1.807) is 11.1 Å². The van der Waals surface area contributed by atoms with Gasteiger partial charge in [0.15, 0.2) is 0 Å². The third kappa shape index (κ3) is 16.5. The Hall–Kier alpha value is -10.9. The van der Waals surface area contributed by atoms with Gasteiger partial charge in [-0.2, -0.15) is 0 Å². The van der Waals surface area contributed by atoms with Crippen LogP contribution in [0, 0.1) is 27.7 Å². The summed E-state index contributed by atoms with van der Waals surface area (Å²) in [6.45, 7) is 13.2. The molecule has 0 saturated carbocycles. The van der Waals surface area contributed by atoms with Crippen LogP contribution >= 0.6 is 31.9 Å². The molecule has 0 N–H and O–H groups in total. The second kappa shape index (κ2) is 34.6. The Morgan fingerprint density at radius 1 is 0.248 bits per heavy atom. The Labute approximate surface area is 688 Å². The van der Waals surface area contributed by atoms with Crippen molar-refractivity contribution in [1.82, 2.24) is 0 Å². The Morgan fingerprint density at radius 3 is 0.867 bits per heavy atom. The van der Waals surface area contributed by atoms with Gasteiger partial charge in [-0.05, 0) is 296 Å². The van der Waals surface area contributed by atoms with E-state index in [1.807, 2.05) is 0 Å². The van der Waals surface area contributed by atoms with Gasteiger partial charge in [-0.15, -0.1) is 0 Å². The molecule has 0 atom stereocenters. The Bertz CT molecular complexity index is 5570. The molecule has 560 valence electrons. The van der Waals surface area contributed by atoms with Crippen molar-refractivity contribution < 1.29 is 0 Å². The van der Waals surface area contributed by atoms with Crippen molar-refractivity contribution in [3.05, 3.63) is 391 Å². The fourth-order valence-corrected chi connectivity index (χ4v) is 18.3. The molecule has 14 aromatic rings. The highest BCUT2D eigenvalue weighted by Gasteiger charge is 2.43. The maximum Gasteiger partial charge on any atom is 0.0462 e. The molecule has 0 fully saturated rings. The Kier molecular flexibility index (Phi) is 23.3. The van der Waals surface area contributed by atoms with E-state index >= 15 is 0 Å². The minimum atomic E-state index is -0.0342. The lowest BCUT2D eigenvalue weighted by Gasteiger charge is -2.33. The first-order valence-corrected chi connectivity index (χ1v) is 42.8. The number of nitrogens with zero attached hydrogens (tertiary/aromatic N) is 2. The first-order valence-electron chi connectivity index (χ1n) is 41.2. The quantitative estimate of drug-likeness (QED) is 0.0526. The monoisotopic (exact) mass is 1590 g/mol. The van der Waals surface area contributed by atoms with Crippen molar-refractivity contribution in [2.75, 3.05) is 9.80 Å². The topological polar surface area (TPSA) is 6.48 Å². The molecule has 14 aromatic carbocycles. The zero-order valence-corrected chi connectivity index (χ0v) is 69.4. The fraction of sp³-hybridized carbons (Fsp3) is 0.193. The molecule has 0 spiro atoms. The van der Waals surface area contributed by atoms with Crippen molar-refractivity contribution in [3.8, 4) is 66.8 Å². The van der Waals surface area contributed by atoms with Crippen molar-refractivity contribution in [2.45, 2.75) is 137 Å². The molecule has 17 rings (SSSR count). The van der Waals surface area contributed by atoms with E-state index in [9.17, 15) is 0 Å². The summed E-state index contributed by atoms with van der Waals surface area (Å²) >= 11 is 7.35. The summed E-state index contributed by atoms with van der Waals surface area (Å²) < 4.78 is 2.18. The van der Waals surface area contributed by atoms with Gasteiger partial charge in [0.1, 0.15) is 0 Å². The molecule has 3 aliphatic rings. The highest BCUT2D eigenvalue weighted by Crippen LogP contribution is 2.57. The lowest BCUT2D eigenvalue weighted by Crippen LogP contribution is -2.25. The normalized spacial score (nSPS) is 12.8. The van der Waals surface area contributed by atoms with Crippen LogP contribution in [-0.2, 0) is 5.41 Å². The summed E-state index contributed by atoms with van der Waals surface area (Å²) in [7, 11) is 0. The minimum absolute atomic E-state index is 0.0342. The third-order valence-corrected chi connectivity index (χ3v) is 24.6. The molecule has 0 saturated heterocycles. The van der Waals surface area contributed by atoms with Crippen LogP contribution in [-0.4, -0.2) is 0 Å². The molecule has 0 amide bonds. The van der Waals surface area contributed by atoms with E-state index < -0.39 is 0 Å². The van der Waals surface area contributed by atoms with E-state index in [1.165, 1.54) is 223 Å². The predicted molar refractivity (Wildman–Crippen MR) is 493 cm³/mol. The summed E-state index contributed by atoms with van der Waals surface area (Å²) in [6.07, 6.45) is 22.8. The van der Waals surface area contributed by atoms with Gasteiger partial charge in [-0.25, -0.2) is 0 Å². The maximum absolute atomic E-state index is 3.67. The maximum atomic E-state index is 3.67. The van der Waals surface area contributed by atoms with Gasteiger partial charge in [0.05, 0.1) is 0 Å². The second-order valence-corrected chi connectivity index (χ2v) is 33.4. The van der Waals surface area contributed by atoms with E-state index in [4.69, 9.17) is 0 Å². The summed E-state index contributed by atoms with van der Waals surface area (Å²) in [5.74, 6) is 0. The van der Waals surface area contributed by atoms with E-state index in [0.29, 0.717) is 0 Å². The van der Waals surface area contributed by atoms with Crippen LogP contribution in [0.3, 0.4) is 0 Å². The standard InChI is InChI=1S/C75H75N.C34H25Br2N/c1-5-7-9-11-13-21-47-75(48-22-14-12-10-8-6-2)73-52-61(58-25-19-16-20-26-58)35-45-68(73)69-46-36-62(53-74(69)75)60-34-44-67-66-43-33-59(57-23-17-15-18-24-57)50-71(66)70(72(67)51-60)49-56-31-41-65(42-32-56)76(63-37-27-54(3)28-38-63)64-39-29-55(4)30-40-64;1-22-3-11-27(12-4-22)37(28-13-5-23(2)6-14-28)29-15-7-24(8-16-29)19-32-33-20-25(35)9-17-30(33)31-18-10-26(36)21-34(31)32/h15-20,23-46,49-53H,5-14,21-22,47-48H2,1-4H3;3-21H,1-2H3/b70-49-;. The number of hydrogen-bond acceptors (Lipinski definition) is 2. The first-order chi connectivity index (χ1) is 55.4. The van der Waals surface area contributed by atoms with Crippen LogP contribution in [0.25, 0.3) is 90.1 Å². The van der Waals surface area contributed by atoms with Crippen LogP contribution in [0.1, 0.15) is 171 Å². The van der Waals surface area contributed by atoms with Crippen LogP contribution < -0.4 is 9.80 Å². The molecular formula is C109H100Br2N2. The lowest BCUT2D eigenvalue weighted by atomic mass is 9.70. The SMILES string of the molecule is CCCCCCCCC1(CCCCCCCC)c2cc(-c3ccccc3)ccc2-c2ccc(-c3ccc4c(c3)/C(=C\c3ccc(N(c5ccc(C)cc5)c5ccc(C)cc5)cc3)c3cc(-c5ccccc5)ccc3-4)cc21.Cc1ccc(N(c2ccc(C)cc2)c2ccc(C=C3c4cc(Br)ccc4-c4ccc(Br)cc43)cc2)cc1. The van der Waals surface area contributed by atoms with Gasteiger partial charge in [0, 0.05) is 48.5 Å². The van der Waals surface area contributed by atoms with Crippen molar-refractivity contribution in [3.63, 3.8) is 0 Å². The first kappa shape index (κ1) is 76.1. The molecule has 0 aliphatic heterocycles. The van der Waals surface area contributed by atoms with Gasteiger partial charge in [-0.3, -0.25) is 0 Å². The smallest absolute Gasteiger partial charge is 0.0462 e. The average molecular weight is 1600 g/mol. The average Bonchev–Trinajstić information content (AvgIpc) is 1.56. The van der Waals surface area contributed by atoms with Crippen LogP contribution in [0.2, 0.25) is 0 Å². The van der Waals surface area contributed by atoms with E-state index in [0.717, 1.165) is 43.1 Å². The molecule has 3 aliphatic carbocycles. The van der Waals surface area contributed by atoms with E-state index in [2.05, 4.69) is 411 Å². The summed E-state index contributed by atoms with van der Waals surface area (Å²) in [4.78, 5) is 4.67. The lowest BCUT2D eigenvalue weighted by molar-refractivity contribution is 0.398. The van der Waals surface area contributed by atoms with Gasteiger partial charge < -0.3 is 9.80 Å². The molecular weight excluding hydrogens is 1500 g/mol. The van der Waals surface area contributed by atoms with Gasteiger partial charge in [0.2, 0.25) is 0 Å². The molecule has 0 aromatic heterocycles. The molecule has 2 nitrogen and oxygen atoms in total. The number of hydrogen-bond donors (Lipinski definition) is 0. The third-order valence-electron chi connectivity index (χ3n) is 23.7. The van der Waals surface area contributed by atoms with Crippen LogP contribution in [0.4, 0.5) is 34.1 Å². The zero-order valence-electron chi connectivity index (χ0n) is 66.2. The van der Waals surface area contributed by atoms with Crippen molar-refractivity contribution in [1.29, 1.82) is 0 Å². The number of rotatable bonds is 25. The highest BCUT2D eigenvalue weighted by molar-refractivity contribution is 9.10. The summed E-state index contributed by atoms with van der Waals surface area (Å²) in [6, 6.07) is 118. The fourth-order valence-electron chi connectivity index (χ4n) is 17.5. The second-order valence-electron chi connectivity index (χ2n) is 31.6. The highest BCUT2D eigenvalue weighted by atomic mass is 79.9. The number of benzene rings is 14. The van der Waals surface area contributed by atoms with Gasteiger partial charge >= 0.3 is 0 Å². The summed E-state index contributed by atoms with van der Waals surface area (Å²) in [5.41, 5.74) is 40.6. The molecule has 0 bridgehead atoms. The van der Waals surface area contributed by atoms with Crippen molar-refractivity contribution >= 4 is 89.3 Å². The molecule has 4 heteroatoms. The molecule has 113 heavy (non-hydrogen) atoms. The van der Waals surface area contributed by atoms with Gasteiger partial charge in [0.25, 0.3) is 0 Å². The Balaban J connectivity index is 0.000000217. The minimum Gasteiger partial charge on any atom is -0.311 e. The van der Waals surface area contributed by atoms with E-state index in [-0.39, 0.29) is 5.41 Å². The van der Waals surface area contributed by atoms with Crippen LogP contribution in [0.5, 0.6) is 0 Å². The van der Waals surface area contributed by atoms with Gasteiger partial charge in [-0.1, -0.05) is 339 Å². The number of halogens is 2. The summed E-state index contributed by atoms with van der Waals surface area (Å²) in [5, 5.41) is 0.